The number of amides is 1. The van der Waals surface area contributed by atoms with Crippen LogP contribution in [0.25, 0.3) is 10.9 Å². The summed E-state index contributed by atoms with van der Waals surface area (Å²) in [7, 11) is 0. The van der Waals surface area contributed by atoms with Gasteiger partial charge in [-0.05, 0) is 36.4 Å². The topological polar surface area (TPSA) is 50.9 Å². The molecule has 0 bridgehead atoms. The average Bonchev–Trinajstić information content (AvgIpc) is 2.72. The van der Waals surface area contributed by atoms with Crippen LogP contribution >= 0.6 is 11.6 Å². The smallest absolute Gasteiger partial charge is 0.279 e. The van der Waals surface area contributed by atoms with Crippen LogP contribution in [0.2, 0.25) is 5.15 Å². The number of nitrogens with one attached hydrogen (secondary N) is 3. The number of fused-ring (bicyclic) bond motifs is 1. The van der Waals surface area contributed by atoms with E-state index in [2.05, 4.69) is 22.4 Å². The van der Waals surface area contributed by atoms with Crippen molar-refractivity contribution in [2.24, 2.45) is 0 Å². The van der Waals surface area contributed by atoms with Gasteiger partial charge in [0, 0.05) is 16.6 Å². The second-order valence-corrected chi connectivity index (χ2v) is 7.90. The first kappa shape index (κ1) is 19.8. The van der Waals surface area contributed by atoms with E-state index >= 15 is 0 Å². The minimum absolute atomic E-state index is 0.0446. The van der Waals surface area contributed by atoms with Gasteiger partial charge in [0.1, 0.15) is 43.7 Å². The Balaban J connectivity index is 1.29. The fraction of sp³-hybridized carbons (Fsp3) is 0.273. The summed E-state index contributed by atoms with van der Waals surface area (Å²) in [5, 5.41) is 4.51. The number of halogens is 2. The number of aromatic nitrogens is 1. The summed E-state index contributed by atoms with van der Waals surface area (Å²) in [4.78, 5) is 19.5. The molecule has 0 saturated carbocycles. The minimum atomic E-state index is -0.311. The Hall–Kier alpha value is -2.54. The lowest BCUT2D eigenvalue weighted by molar-refractivity contribution is -1.02. The molecule has 1 amide bonds. The van der Waals surface area contributed by atoms with Crippen molar-refractivity contribution in [3.05, 3.63) is 71.1 Å². The molecule has 2 aromatic carbocycles. The number of hydrogen-bond donors (Lipinski definition) is 3. The zero-order chi connectivity index (χ0) is 20.2. The van der Waals surface area contributed by atoms with Crippen LogP contribution in [0.4, 0.5) is 10.1 Å². The molecule has 1 aromatic heterocycles. The number of rotatable bonds is 5. The highest BCUT2D eigenvalue weighted by molar-refractivity contribution is 6.30. The van der Waals surface area contributed by atoms with Gasteiger partial charge in [-0.25, -0.2) is 9.37 Å². The van der Waals surface area contributed by atoms with E-state index in [4.69, 9.17) is 11.6 Å². The van der Waals surface area contributed by atoms with Crippen LogP contribution < -0.4 is 15.1 Å². The first-order valence-corrected chi connectivity index (χ1v) is 10.2. The summed E-state index contributed by atoms with van der Waals surface area (Å²) in [6.07, 6.45) is 0. The largest absolute Gasteiger partial charge is 0.322 e. The van der Waals surface area contributed by atoms with Crippen LogP contribution in [0.5, 0.6) is 0 Å². The average molecular weight is 415 g/mol. The predicted molar refractivity (Wildman–Crippen MR) is 112 cm³/mol. The molecule has 29 heavy (non-hydrogen) atoms. The van der Waals surface area contributed by atoms with Gasteiger partial charge < -0.3 is 15.1 Å². The minimum Gasteiger partial charge on any atom is -0.322 e. The monoisotopic (exact) mass is 414 g/mol. The van der Waals surface area contributed by atoms with Crippen molar-refractivity contribution in [2.75, 3.05) is 38.0 Å². The second-order valence-electron chi connectivity index (χ2n) is 7.54. The van der Waals surface area contributed by atoms with Gasteiger partial charge in [0.25, 0.3) is 5.91 Å². The molecule has 7 heteroatoms. The number of anilines is 1. The van der Waals surface area contributed by atoms with Crippen LogP contribution in [-0.2, 0) is 11.3 Å². The Morgan fingerprint density at radius 1 is 1.03 bits per heavy atom. The first-order valence-electron chi connectivity index (χ1n) is 9.83. The van der Waals surface area contributed by atoms with Crippen molar-refractivity contribution in [2.45, 2.75) is 6.54 Å². The maximum atomic E-state index is 13.0. The van der Waals surface area contributed by atoms with Crippen LogP contribution in [0.3, 0.4) is 0 Å². The third kappa shape index (κ3) is 5.09. The highest BCUT2D eigenvalue weighted by Gasteiger charge is 2.25. The van der Waals surface area contributed by atoms with Gasteiger partial charge in [0.15, 0.2) is 6.54 Å². The van der Waals surface area contributed by atoms with E-state index in [1.807, 2.05) is 18.2 Å². The molecule has 1 saturated heterocycles. The quantitative estimate of drug-likeness (QED) is 0.544. The molecule has 0 aliphatic carbocycles. The molecular weight excluding hydrogens is 391 g/mol. The van der Waals surface area contributed by atoms with E-state index in [-0.39, 0.29) is 11.7 Å². The van der Waals surface area contributed by atoms with Crippen molar-refractivity contribution in [1.82, 2.24) is 4.98 Å². The summed E-state index contributed by atoms with van der Waals surface area (Å²) in [6, 6.07) is 16.0. The number of benzene rings is 2. The van der Waals surface area contributed by atoms with E-state index < -0.39 is 0 Å². The molecule has 0 unspecified atom stereocenters. The zero-order valence-electron chi connectivity index (χ0n) is 16.1. The Labute approximate surface area is 174 Å². The summed E-state index contributed by atoms with van der Waals surface area (Å²) < 4.78 is 13.0. The molecule has 1 fully saturated rings. The lowest BCUT2D eigenvalue weighted by Crippen LogP contribution is -3.28. The fourth-order valence-electron chi connectivity index (χ4n) is 3.81. The summed E-state index contributed by atoms with van der Waals surface area (Å²) in [5.74, 6) is -0.355. The number of carbonyl (C=O) groups excluding carboxylic acids is 1. The molecule has 0 radical (unpaired) electrons. The van der Waals surface area contributed by atoms with Crippen LogP contribution in [0.1, 0.15) is 5.56 Å². The van der Waals surface area contributed by atoms with E-state index in [0.717, 1.165) is 49.2 Å². The summed E-state index contributed by atoms with van der Waals surface area (Å²) >= 11 is 6.40. The predicted octanol–water partition coefficient (Wildman–Crippen LogP) is 0.949. The number of quaternary nitrogens is 2. The van der Waals surface area contributed by atoms with E-state index in [1.54, 1.807) is 12.1 Å². The molecule has 5 nitrogen and oxygen atoms in total. The molecular formula is C22H24ClFN4O+2. The standard InChI is InChI=1S/C22H22ClFN4O/c23-22-17(13-16-3-1-2-4-20(16)26-22)14-27-9-11-28(12-10-27)15-21(29)25-19-7-5-18(24)6-8-19/h1-8,13H,9-12,14-15H2,(H,25,29)/p+2. The van der Waals surface area contributed by atoms with Gasteiger partial charge in [-0.3, -0.25) is 4.79 Å². The maximum Gasteiger partial charge on any atom is 0.279 e. The molecule has 150 valence electrons. The van der Waals surface area contributed by atoms with Gasteiger partial charge in [0.05, 0.1) is 5.52 Å². The number of nitrogens with zero attached hydrogens (tertiary/aromatic N) is 1. The molecule has 2 heterocycles. The van der Waals surface area contributed by atoms with Crippen molar-refractivity contribution in [1.29, 1.82) is 0 Å². The zero-order valence-corrected chi connectivity index (χ0v) is 16.8. The van der Waals surface area contributed by atoms with Crippen LogP contribution in [-0.4, -0.2) is 43.6 Å². The molecule has 1 aliphatic rings. The van der Waals surface area contributed by atoms with E-state index in [1.165, 1.54) is 21.9 Å². The molecule has 3 N–H and O–H groups in total. The molecule has 0 atom stereocenters. The van der Waals surface area contributed by atoms with Crippen molar-refractivity contribution in [3.63, 3.8) is 0 Å². The van der Waals surface area contributed by atoms with Gasteiger partial charge in [-0.1, -0.05) is 29.8 Å². The Kier molecular flexibility index (Phi) is 6.04. The molecule has 4 rings (SSSR count). The van der Waals surface area contributed by atoms with Gasteiger partial charge in [-0.2, -0.15) is 0 Å². The third-order valence-electron chi connectivity index (χ3n) is 5.39. The van der Waals surface area contributed by atoms with Crippen LogP contribution in [0.15, 0.2) is 54.6 Å². The lowest BCUT2D eigenvalue weighted by atomic mass is 10.1. The Morgan fingerprint density at radius 3 is 2.48 bits per heavy atom. The van der Waals surface area contributed by atoms with Crippen molar-refractivity contribution in [3.8, 4) is 0 Å². The Bertz CT molecular complexity index is 1000. The number of para-hydroxylation sites is 1. The lowest BCUT2D eigenvalue weighted by Gasteiger charge is -2.29. The molecule has 3 aromatic rings. The van der Waals surface area contributed by atoms with Crippen LogP contribution in [0, 0.1) is 5.82 Å². The van der Waals surface area contributed by atoms with Crippen molar-refractivity contribution >= 4 is 34.1 Å². The molecule has 0 spiro atoms. The SMILES string of the molecule is O=C(C[NH+]1CC[NH+](Cc2cc3ccccc3nc2Cl)CC1)Nc1ccc(F)cc1. The molecule has 1 aliphatic heterocycles. The highest BCUT2D eigenvalue weighted by atomic mass is 35.5. The van der Waals surface area contributed by atoms with Gasteiger partial charge in [-0.15, -0.1) is 0 Å². The number of pyridine rings is 1. The highest BCUT2D eigenvalue weighted by Crippen LogP contribution is 2.19. The summed E-state index contributed by atoms with van der Waals surface area (Å²) in [5.41, 5.74) is 2.61. The fourth-order valence-corrected chi connectivity index (χ4v) is 4.02. The van der Waals surface area contributed by atoms with E-state index in [9.17, 15) is 9.18 Å². The number of carbonyl (C=O) groups is 1. The van der Waals surface area contributed by atoms with Gasteiger partial charge >= 0.3 is 0 Å². The summed E-state index contributed by atoms with van der Waals surface area (Å²) in [6.45, 7) is 5.05. The Morgan fingerprint density at radius 2 is 1.72 bits per heavy atom. The third-order valence-corrected chi connectivity index (χ3v) is 5.72. The normalized spacial score (nSPS) is 19.2. The number of hydrogen-bond acceptors (Lipinski definition) is 2. The van der Waals surface area contributed by atoms with Crippen molar-refractivity contribution < 1.29 is 19.0 Å². The first-order chi connectivity index (χ1) is 14.1. The number of piperazine rings is 1. The van der Waals surface area contributed by atoms with E-state index in [0.29, 0.717) is 17.4 Å². The second kappa shape index (κ2) is 8.86. The maximum absolute atomic E-state index is 13.0. The van der Waals surface area contributed by atoms with Gasteiger partial charge in [0.2, 0.25) is 0 Å².